The minimum atomic E-state index is -0.191. The van der Waals surface area contributed by atoms with Gasteiger partial charge in [-0.2, -0.15) is 0 Å². The van der Waals surface area contributed by atoms with Crippen molar-refractivity contribution in [3.05, 3.63) is 56.9 Å². The predicted octanol–water partition coefficient (Wildman–Crippen LogP) is 4.17. The Morgan fingerprint density at radius 1 is 1.24 bits per heavy atom. The number of amides is 1. The highest BCUT2D eigenvalue weighted by atomic mass is 79.9. The standard InChI is InChI=1S/C24H30BrClFN5O/c1-16-14-31(23-21(26)11-18(13-29-23)24(33)28-2)9-10-32(16)20-5-7-30(8-6-20)15-17-3-4-19(25)12-22(17)27/h3-4,11-13,16,20H,5-10,14-15H2,1-2H3,(H,28,33)/t16-/m0/s1. The molecule has 0 bridgehead atoms. The monoisotopic (exact) mass is 537 g/mol. The van der Waals surface area contributed by atoms with E-state index in [0.717, 1.165) is 61.4 Å². The number of nitrogens with zero attached hydrogens (tertiary/aromatic N) is 4. The molecule has 2 saturated heterocycles. The molecular weight excluding hydrogens is 509 g/mol. The predicted molar refractivity (Wildman–Crippen MR) is 133 cm³/mol. The average Bonchev–Trinajstić information content (AvgIpc) is 2.81. The molecule has 0 spiro atoms. The molecule has 2 aliphatic heterocycles. The van der Waals surface area contributed by atoms with Crippen LogP contribution in [0, 0.1) is 5.82 Å². The summed E-state index contributed by atoms with van der Waals surface area (Å²) in [6.07, 6.45) is 3.76. The van der Waals surface area contributed by atoms with E-state index in [1.165, 1.54) is 6.07 Å². The molecule has 2 aliphatic rings. The van der Waals surface area contributed by atoms with Crippen molar-refractivity contribution >= 4 is 39.3 Å². The highest BCUT2D eigenvalue weighted by molar-refractivity contribution is 9.10. The molecule has 2 aromatic rings. The Labute approximate surface area is 208 Å². The third-order valence-corrected chi connectivity index (χ3v) is 7.50. The summed E-state index contributed by atoms with van der Waals surface area (Å²) in [7, 11) is 1.59. The van der Waals surface area contributed by atoms with Gasteiger partial charge in [0.15, 0.2) is 0 Å². The van der Waals surface area contributed by atoms with Crippen molar-refractivity contribution in [1.82, 2.24) is 20.1 Å². The van der Waals surface area contributed by atoms with Gasteiger partial charge < -0.3 is 10.2 Å². The maximum absolute atomic E-state index is 14.2. The molecule has 0 unspecified atom stereocenters. The van der Waals surface area contributed by atoms with Gasteiger partial charge in [-0.05, 0) is 51.1 Å². The lowest BCUT2D eigenvalue weighted by Crippen LogP contribution is -2.57. The van der Waals surface area contributed by atoms with E-state index in [0.29, 0.717) is 29.2 Å². The molecule has 1 aromatic heterocycles. The number of nitrogens with one attached hydrogen (secondary N) is 1. The molecule has 1 amide bonds. The topological polar surface area (TPSA) is 51.7 Å². The summed E-state index contributed by atoms with van der Waals surface area (Å²) >= 11 is 9.79. The zero-order valence-electron chi connectivity index (χ0n) is 19.0. The number of carbonyl (C=O) groups excluding carboxylic acids is 1. The number of piperidine rings is 1. The Balaban J connectivity index is 1.31. The van der Waals surface area contributed by atoms with Crippen LogP contribution >= 0.6 is 27.5 Å². The largest absolute Gasteiger partial charge is 0.355 e. The van der Waals surface area contributed by atoms with Crippen molar-refractivity contribution in [3.63, 3.8) is 0 Å². The van der Waals surface area contributed by atoms with E-state index in [1.807, 2.05) is 12.1 Å². The Bertz CT molecular complexity index is 1000. The molecule has 178 valence electrons. The van der Waals surface area contributed by atoms with Crippen molar-refractivity contribution in [2.24, 2.45) is 0 Å². The number of carbonyl (C=O) groups is 1. The number of benzene rings is 1. The van der Waals surface area contributed by atoms with Crippen molar-refractivity contribution < 1.29 is 9.18 Å². The number of rotatable bonds is 5. The van der Waals surface area contributed by atoms with Crippen molar-refractivity contribution in [2.45, 2.75) is 38.4 Å². The molecule has 4 rings (SSSR count). The van der Waals surface area contributed by atoms with Gasteiger partial charge in [0, 0.05) is 61.5 Å². The number of piperazine rings is 1. The van der Waals surface area contributed by atoms with E-state index in [4.69, 9.17) is 11.6 Å². The van der Waals surface area contributed by atoms with Gasteiger partial charge >= 0.3 is 0 Å². The van der Waals surface area contributed by atoms with Crippen LogP contribution in [0.2, 0.25) is 5.02 Å². The molecule has 0 saturated carbocycles. The van der Waals surface area contributed by atoms with E-state index in [-0.39, 0.29) is 11.7 Å². The van der Waals surface area contributed by atoms with Crippen LogP contribution in [-0.2, 0) is 6.54 Å². The normalized spacial score (nSPS) is 20.8. The summed E-state index contributed by atoms with van der Waals surface area (Å²) in [4.78, 5) is 23.5. The highest BCUT2D eigenvalue weighted by Crippen LogP contribution is 2.29. The maximum Gasteiger partial charge on any atom is 0.252 e. The van der Waals surface area contributed by atoms with Gasteiger partial charge in [0.1, 0.15) is 11.6 Å². The molecule has 0 aliphatic carbocycles. The SMILES string of the molecule is CNC(=O)c1cnc(N2CCN(C3CCN(Cc4ccc(Br)cc4F)CC3)[C@@H](C)C2)c(Cl)c1. The number of hydrogen-bond acceptors (Lipinski definition) is 5. The van der Waals surface area contributed by atoms with Crippen LogP contribution < -0.4 is 10.2 Å². The van der Waals surface area contributed by atoms with E-state index in [9.17, 15) is 9.18 Å². The molecule has 0 radical (unpaired) electrons. The van der Waals surface area contributed by atoms with Gasteiger partial charge in [0.05, 0.1) is 10.6 Å². The first-order valence-electron chi connectivity index (χ1n) is 11.4. The Hall–Kier alpha value is -1.74. The van der Waals surface area contributed by atoms with Crippen LogP contribution in [0.1, 0.15) is 35.7 Å². The molecular formula is C24H30BrClFN5O. The Morgan fingerprint density at radius 2 is 2.00 bits per heavy atom. The number of pyridine rings is 1. The summed E-state index contributed by atoms with van der Waals surface area (Å²) in [5.74, 6) is 0.400. The number of halogens is 3. The van der Waals surface area contributed by atoms with Crippen LogP contribution in [-0.4, -0.2) is 72.5 Å². The van der Waals surface area contributed by atoms with E-state index < -0.39 is 0 Å². The lowest BCUT2D eigenvalue weighted by Gasteiger charge is -2.47. The minimum absolute atomic E-state index is 0.146. The first kappa shape index (κ1) is 24.4. The second-order valence-electron chi connectivity index (χ2n) is 8.88. The van der Waals surface area contributed by atoms with Gasteiger partial charge in [-0.15, -0.1) is 0 Å². The summed E-state index contributed by atoms with van der Waals surface area (Å²) in [6.45, 7) is 7.50. The average molecular weight is 539 g/mol. The van der Waals surface area contributed by atoms with Crippen molar-refractivity contribution in [2.75, 3.05) is 44.7 Å². The van der Waals surface area contributed by atoms with Gasteiger partial charge in [0.2, 0.25) is 0 Å². The summed E-state index contributed by atoms with van der Waals surface area (Å²) in [5.41, 5.74) is 1.22. The Morgan fingerprint density at radius 3 is 2.64 bits per heavy atom. The highest BCUT2D eigenvalue weighted by Gasteiger charge is 2.32. The van der Waals surface area contributed by atoms with Crippen molar-refractivity contribution in [3.8, 4) is 0 Å². The molecule has 1 aromatic carbocycles. The molecule has 3 heterocycles. The molecule has 1 N–H and O–H groups in total. The van der Waals surface area contributed by atoms with E-state index >= 15 is 0 Å². The molecule has 1 atom stereocenters. The lowest BCUT2D eigenvalue weighted by atomic mass is 9.99. The van der Waals surface area contributed by atoms with Gasteiger partial charge in [-0.1, -0.05) is 33.6 Å². The molecule has 6 nitrogen and oxygen atoms in total. The maximum atomic E-state index is 14.2. The third-order valence-electron chi connectivity index (χ3n) is 6.72. The third kappa shape index (κ3) is 5.67. The van der Waals surface area contributed by atoms with Crippen LogP contribution in [0.5, 0.6) is 0 Å². The fraction of sp³-hybridized carbons (Fsp3) is 0.500. The molecule has 33 heavy (non-hydrogen) atoms. The molecule has 9 heteroatoms. The Kier molecular flexibility index (Phi) is 7.89. The second kappa shape index (κ2) is 10.7. The first-order valence-corrected chi connectivity index (χ1v) is 12.6. The van der Waals surface area contributed by atoms with Crippen LogP contribution in [0.15, 0.2) is 34.9 Å². The van der Waals surface area contributed by atoms with Crippen molar-refractivity contribution in [1.29, 1.82) is 0 Å². The number of aromatic nitrogens is 1. The second-order valence-corrected chi connectivity index (χ2v) is 10.2. The summed E-state index contributed by atoms with van der Waals surface area (Å²) < 4.78 is 15.0. The van der Waals surface area contributed by atoms with Gasteiger partial charge in [-0.25, -0.2) is 9.37 Å². The fourth-order valence-electron chi connectivity index (χ4n) is 4.94. The lowest BCUT2D eigenvalue weighted by molar-refractivity contribution is 0.0687. The number of hydrogen-bond donors (Lipinski definition) is 1. The minimum Gasteiger partial charge on any atom is -0.355 e. The zero-order valence-corrected chi connectivity index (χ0v) is 21.4. The number of anilines is 1. The smallest absolute Gasteiger partial charge is 0.252 e. The van der Waals surface area contributed by atoms with E-state index in [1.54, 1.807) is 19.3 Å². The van der Waals surface area contributed by atoms with E-state index in [2.05, 4.69) is 47.9 Å². The summed E-state index contributed by atoms with van der Waals surface area (Å²) in [5, 5.41) is 3.10. The van der Waals surface area contributed by atoms with Crippen LogP contribution in [0.3, 0.4) is 0 Å². The first-order chi connectivity index (χ1) is 15.9. The zero-order chi connectivity index (χ0) is 23.5. The number of likely N-dealkylation sites (tertiary alicyclic amines) is 1. The quantitative estimate of drug-likeness (QED) is 0.619. The fourth-order valence-corrected chi connectivity index (χ4v) is 5.56. The molecule has 2 fully saturated rings. The van der Waals surface area contributed by atoms with Gasteiger partial charge in [0.25, 0.3) is 5.91 Å². The van der Waals surface area contributed by atoms with Crippen LogP contribution in [0.4, 0.5) is 10.2 Å². The van der Waals surface area contributed by atoms with Gasteiger partial charge in [-0.3, -0.25) is 14.6 Å². The summed E-state index contributed by atoms with van der Waals surface area (Å²) in [6, 6.07) is 7.90. The van der Waals surface area contributed by atoms with Crippen LogP contribution in [0.25, 0.3) is 0 Å².